The monoisotopic (exact) mass is 980 g/mol. The van der Waals surface area contributed by atoms with Gasteiger partial charge in [-0.2, -0.15) is 11.8 Å². The predicted octanol–water partition coefficient (Wildman–Crippen LogP) is 2.04. The lowest BCUT2D eigenvalue weighted by atomic mass is 10.0. The van der Waals surface area contributed by atoms with E-state index in [0.29, 0.717) is 16.9 Å². The fourth-order valence-electron chi connectivity index (χ4n) is 5.34. The highest BCUT2D eigenvalue weighted by molar-refractivity contribution is 9.09. The Kier molecular flexibility index (Phi) is 25.3. The van der Waals surface area contributed by atoms with E-state index in [0.717, 1.165) is 0 Å². The Morgan fingerprint density at radius 1 is 0.662 bits per heavy atom. The summed E-state index contributed by atoms with van der Waals surface area (Å²) in [5, 5.41) is 26.7. The van der Waals surface area contributed by atoms with Gasteiger partial charge < -0.3 is 52.8 Å². The van der Waals surface area contributed by atoms with Crippen molar-refractivity contribution in [1.29, 1.82) is 0 Å². The minimum Gasteiger partial charge on any atom is -0.480 e. The second kappa shape index (κ2) is 29.4. The Morgan fingerprint density at radius 3 is 1.71 bits per heavy atom. The van der Waals surface area contributed by atoms with Crippen LogP contribution in [0.5, 0.6) is 0 Å². The minimum atomic E-state index is -1.31. The molecule has 6 atom stereocenters. The molecule has 0 spiro atoms. The molecule has 2 aromatic carbocycles. The molecule has 358 valence electrons. The van der Waals surface area contributed by atoms with Gasteiger partial charge in [0.1, 0.15) is 49.4 Å². The largest absolute Gasteiger partial charge is 0.480 e. The summed E-state index contributed by atoms with van der Waals surface area (Å²) >= 11 is 1.39. The molecule has 2 aromatic rings. The molecule has 8 amide bonds. The third kappa shape index (κ3) is 23.6. The summed E-state index contributed by atoms with van der Waals surface area (Å²) in [4.78, 5) is 116. The highest BCUT2D eigenvalue weighted by atomic mass is 33.5. The molecule has 0 saturated heterocycles. The SMILES string of the molecule is CSCC[C@H](NC(=O)[C@H](C)NC(=O)[C@H](CCC(N)=O)NC(=O)OCc1ccccc1)C(=O)N[C@@H](Cc1ccccc1)C(=O)N[C@@H](C)C(=O)N[C@@H](CSSSC(C)(C)C)C(=O)NCC(=O)O. The van der Waals surface area contributed by atoms with Crippen molar-refractivity contribution in [2.45, 2.75) is 108 Å². The van der Waals surface area contributed by atoms with Crippen molar-refractivity contribution < 1.29 is 53.0 Å². The normalized spacial score (nSPS) is 13.8. The Labute approximate surface area is 394 Å². The molecule has 23 heteroatoms. The molecule has 0 saturated carbocycles. The zero-order valence-electron chi connectivity index (χ0n) is 37.1. The number of hydrogen-bond donors (Lipinski definition) is 9. The summed E-state index contributed by atoms with van der Waals surface area (Å²) in [6, 6.07) is 10.1. The van der Waals surface area contributed by atoms with E-state index in [-0.39, 0.29) is 42.8 Å². The van der Waals surface area contributed by atoms with Gasteiger partial charge in [0.2, 0.25) is 41.4 Å². The van der Waals surface area contributed by atoms with Crippen molar-refractivity contribution in [3.8, 4) is 0 Å². The van der Waals surface area contributed by atoms with Crippen LogP contribution in [0.1, 0.15) is 65.0 Å². The maximum Gasteiger partial charge on any atom is 0.408 e. The Morgan fingerprint density at radius 2 is 1.17 bits per heavy atom. The predicted molar refractivity (Wildman–Crippen MR) is 254 cm³/mol. The number of carbonyl (C=O) groups is 9. The van der Waals surface area contributed by atoms with Crippen LogP contribution in [0.4, 0.5) is 4.79 Å². The van der Waals surface area contributed by atoms with Gasteiger partial charge in [0.25, 0.3) is 0 Å². The van der Waals surface area contributed by atoms with Crippen LogP contribution in [0.15, 0.2) is 60.7 Å². The third-order valence-electron chi connectivity index (χ3n) is 8.78. The maximum absolute atomic E-state index is 13.9. The van der Waals surface area contributed by atoms with Crippen LogP contribution in [0.2, 0.25) is 0 Å². The minimum absolute atomic E-state index is 0.0184. The summed E-state index contributed by atoms with van der Waals surface area (Å²) in [6.07, 6.45) is 0.483. The average molecular weight is 981 g/mol. The van der Waals surface area contributed by atoms with Crippen molar-refractivity contribution in [3.05, 3.63) is 71.8 Å². The van der Waals surface area contributed by atoms with Crippen LogP contribution in [0.25, 0.3) is 0 Å². The Hall–Kier alpha value is -5.13. The smallest absolute Gasteiger partial charge is 0.408 e. The summed E-state index contributed by atoms with van der Waals surface area (Å²) in [5.41, 5.74) is 6.65. The van der Waals surface area contributed by atoms with E-state index >= 15 is 0 Å². The second-order valence-electron chi connectivity index (χ2n) is 15.5. The Bertz CT molecular complexity index is 1910. The van der Waals surface area contributed by atoms with E-state index < -0.39 is 96.2 Å². The van der Waals surface area contributed by atoms with Crippen LogP contribution in [-0.2, 0) is 56.1 Å². The topological polar surface area (TPSA) is 293 Å². The zero-order chi connectivity index (χ0) is 48.5. The number of hydrogen-bond acceptors (Lipinski definition) is 14. The molecule has 2 rings (SSSR count). The number of alkyl carbamates (subject to hydrolysis) is 1. The van der Waals surface area contributed by atoms with Crippen molar-refractivity contribution in [3.63, 3.8) is 0 Å². The van der Waals surface area contributed by atoms with E-state index in [1.54, 1.807) is 77.7 Å². The molecule has 0 heterocycles. The third-order valence-corrected chi connectivity index (χ3v) is 14.4. The first-order valence-electron chi connectivity index (χ1n) is 20.5. The number of carbonyl (C=O) groups excluding carboxylic acids is 8. The summed E-state index contributed by atoms with van der Waals surface area (Å²) in [5.74, 6) is -6.07. The molecule has 10 N–H and O–H groups in total. The number of aliphatic carboxylic acids is 1. The van der Waals surface area contributed by atoms with E-state index in [1.807, 2.05) is 20.8 Å². The number of rotatable bonds is 28. The number of carboxylic acids is 1. The molecule has 0 aliphatic carbocycles. The summed E-state index contributed by atoms with van der Waals surface area (Å²) in [6.45, 7) is 8.01. The van der Waals surface area contributed by atoms with Gasteiger partial charge in [-0.3, -0.25) is 38.4 Å². The van der Waals surface area contributed by atoms with E-state index in [9.17, 15) is 43.2 Å². The van der Waals surface area contributed by atoms with Gasteiger partial charge >= 0.3 is 12.1 Å². The van der Waals surface area contributed by atoms with Crippen molar-refractivity contribution in [2.24, 2.45) is 5.73 Å². The fourth-order valence-corrected chi connectivity index (χ4v) is 10.6. The van der Waals surface area contributed by atoms with Crippen LogP contribution < -0.4 is 43.0 Å². The van der Waals surface area contributed by atoms with Crippen LogP contribution in [-0.4, -0.2) is 124 Å². The van der Waals surface area contributed by atoms with Gasteiger partial charge in [-0.25, -0.2) is 4.79 Å². The van der Waals surface area contributed by atoms with Crippen molar-refractivity contribution in [1.82, 2.24) is 37.2 Å². The average Bonchev–Trinajstić information content (AvgIpc) is 3.25. The molecule has 0 unspecified atom stereocenters. The van der Waals surface area contributed by atoms with E-state index in [1.165, 1.54) is 46.2 Å². The standard InChI is InChI=1S/C42H60N8O11S4/c1-25(45-38(57)29(17-18-33(43)51)50-41(60)61-23-28-15-11-8-12-16-28)35(54)47-30(19-20-62-6)39(58)48-31(21-27-13-9-7-10-14-27)40(59)46-26(2)36(55)49-32(37(56)44-22-34(52)53)24-63-65-64-42(3,4)5/h7-16,25-26,29-32H,17-24H2,1-6H3,(H2,43,51)(H,44,56)(H,45,57)(H,46,59)(H,47,54)(H,48,58)(H,49,55)(H,50,60)(H,52,53)/t25-,26-,29-,30-,31-,32-/m0/s1. The number of nitrogens with two attached hydrogens (primary N) is 1. The lowest BCUT2D eigenvalue weighted by Gasteiger charge is -2.26. The maximum atomic E-state index is 13.9. The number of ether oxygens (including phenoxy) is 1. The molecule has 0 aliphatic heterocycles. The Balaban J connectivity index is 2.20. The first kappa shape index (κ1) is 56.0. The summed E-state index contributed by atoms with van der Waals surface area (Å²) < 4.78 is 5.12. The lowest BCUT2D eigenvalue weighted by Crippen LogP contribution is -2.59. The van der Waals surface area contributed by atoms with E-state index in [2.05, 4.69) is 37.2 Å². The van der Waals surface area contributed by atoms with Gasteiger partial charge in [0.15, 0.2) is 0 Å². The molecule has 0 bridgehead atoms. The lowest BCUT2D eigenvalue weighted by molar-refractivity contribution is -0.138. The molecule has 65 heavy (non-hydrogen) atoms. The number of primary amides is 1. The number of amides is 8. The molecule has 0 fully saturated rings. The number of benzene rings is 2. The first-order valence-corrected chi connectivity index (χ1v) is 25.5. The quantitative estimate of drug-likeness (QED) is 0.0436. The highest BCUT2D eigenvalue weighted by Gasteiger charge is 2.32. The van der Waals surface area contributed by atoms with Crippen LogP contribution in [0, 0.1) is 0 Å². The summed E-state index contributed by atoms with van der Waals surface area (Å²) in [7, 11) is 4.24. The molecular formula is C42H60N8O11S4. The van der Waals surface area contributed by atoms with Gasteiger partial charge in [0, 0.05) is 23.3 Å². The second-order valence-corrected chi connectivity index (χ2v) is 21.5. The first-order chi connectivity index (χ1) is 30.7. The van der Waals surface area contributed by atoms with Gasteiger partial charge in [-0.05, 0) is 59.7 Å². The van der Waals surface area contributed by atoms with Crippen molar-refractivity contribution in [2.75, 3.05) is 24.3 Å². The van der Waals surface area contributed by atoms with Crippen molar-refractivity contribution >= 4 is 96.6 Å². The molecule has 19 nitrogen and oxygen atoms in total. The number of thioether (sulfide) groups is 1. The fraction of sp³-hybridized carbons (Fsp3) is 0.500. The highest BCUT2D eigenvalue weighted by Crippen LogP contribution is 2.43. The molecule has 0 radical (unpaired) electrons. The van der Waals surface area contributed by atoms with Gasteiger partial charge in [0.05, 0.1) is 0 Å². The molecule has 0 aromatic heterocycles. The zero-order valence-corrected chi connectivity index (χ0v) is 40.4. The number of carboxylic acid groups (broad SMARTS) is 1. The van der Waals surface area contributed by atoms with Crippen LogP contribution >= 0.6 is 43.2 Å². The van der Waals surface area contributed by atoms with Crippen LogP contribution in [0.3, 0.4) is 0 Å². The van der Waals surface area contributed by atoms with Gasteiger partial charge in [-0.15, -0.1) is 0 Å². The van der Waals surface area contributed by atoms with E-state index in [4.69, 9.17) is 15.6 Å². The number of nitrogens with one attached hydrogen (secondary N) is 7. The van der Waals surface area contributed by atoms with Gasteiger partial charge in [-0.1, -0.05) is 103 Å². The molecule has 0 aliphatic rings. The molecular weight excluding hydrogens is 921 g/mol.